The van der Waals surface area contributed by atoms with E-state index in [1.54, 1.807) is 13.2 Å². The van der Waals surface area contributed by atoms with Crippen molar-refractivity contribution in [2.45, 2.75) is 25.7 Å². The average molecular weight is 486 g/mol. The summed E-state index contributed by atoms with van der Waals surface area (Å²) in [6.45, 7) is 1.56. The Hall–Kier alpha value is -3.94. The first kappa shape index (κ1) is 25.2. The number of piperidine rings is 1. The van der Waals surface area contributed by atoms with Crippen LogP contribution >= 0.6 is 0 Å². The summed E-state index contributed by atoms with van der Waals surface area (Å²) in [5.41, 5.74) is 2.40. The number of benzene rings is 2. The Morgan fingerprint density at radius 1 is 1.31 bits per heavy atom. The third-order valence-electron chi connectivity index (χ3n) is 6.87. The van der Waals surface area contributed by atoms with Gasteiger partial charge in [-0.15, -0.1) is 0 Å². The molecule has 2 aromatic carbocycles. The number of carbonyl (C=O) groups is 1. The maximum Gasteiger partial charge on any atom is 0.308 e. The van der Waals surface area contributed by atoms with Crippen LogP contribution in [-0.4, -0.2) is 47.7 Å². The van der Waals surface area contributed by atoms with Crippen molar-refractivity contribution >= 4 is 16.9 Å². The number of aromatic nitrogens is 1. The van der Waals surface area contributed by atoms with Crippen molar-refractivity contribution in [1.82, 2.24) is 9.88 Å². The fraction of sp³-hybridized carbons (Fsp3) is 0.345. The Balaban J connectivity index is 1.36. The van der Waals surface area contributed by atoms with Gasteiger partial charge in [0.05, 0.1) is 25.1 Å². The topological polar surface area (TPSA) is 86.5 Å². The van der Waals surface area contributed by atoms with Crippen LogP contribution < -0.4 is 4.74 Å². The second-order valence-corrected chi connectivity index (χ2v) is 9.05. The minimum absolute atomic E-state index is 0.0625. The number of pyridine rings is 1. The number of methoxy groups -OCH3 is 1. The van der Waals surface area contributed by atoms with Crippen LogP contribution in [0.25, 0.3) is 10.9 Å². The second kappa shape index (κ2) is 11.7. The highest BCUT2D eigenvalue weighted by molar-refractivity contribution is 5.83. The predicted octanol–water partition coefficient (Wildman–Crippen LogP) is 4.65. The van der Waals surface area contributed by atoms with Gasteiger partial charge in [0.25, 0.3) is 0 Å². The molecule has 1 fully saturated rings. The van der Waals surface area contributed by atoms with Crippen LogP contribution in [0.3, 0.4) is 0 Å². The SMILES string of the molecule is COc1ccc2nccc(CCC[C@@H]3CCN(CC#Cc4cccc(F)c4C#N)C[C@@H]3C(=O)O)c2c1. The molecule has 184 valence electrons. The molecule has 0 bridgehead atoms. The van der Waals surface area contributed by atoms with E-state index < -0.39 is 17.7 Å². The Morgan fingerprint density at radius 3 is 2.94 bits per heavy atom. The summed E-state index contributed by atoms with van der Waals surface area (Å²) in [6.07, 6.45) is 5.17. The molecule has 36 heavy (non-hydrogen) atoms. The summed E-state index contributed by atoms with van der Waals surface area (Å²) < 4.78 is 19.1. The van der Waals surface area contributed by atoms with E-state index in [1.165, 1.54) is 17.7 Å². The highest BCUT2D eigenvalue weighted by Crippen LogP contribution is 2.30. The van der Waals surface area contributed by atoms with Crippen molar-refractivity contribution in [2.24, 2.45) is 11.8 Å². The molecule has 3 aromatic rings. The van der Waals surface area contributed by atoms with Gasteiger partial charge >= 0.3 is 5.97 Å². The Bertz CT molecular complexity index is 1360. The van der Waals surface area contributed by atoms with Crippen molar-refractivity contribution < 1.29 is 19.0 Å². The summed E-state index contributed by atoms with van der Waals surface area (Å²) >= 11 is 0. The minimum atomic E-state index is -0.784. The highest BCUT2D eigenvalue weighted by atomic mass is 19.1. The molecule has 1 aliphatic heterocycles. The van der Waals surface area contributed by atoms with Gasteiger partial charge in [-0.05, 0) is 80.1 Å². The lowest BCUT2D eigenvalue weighted by Gasteiger charge is -2.35. The van der Waals surface area contributed by atoms with E-state index in [-0.39, 0.29) is 11.5 Å². The van der Waals surface area contributed by atoms with Crippen LogP contribution in [0.5, 0.6) is 5.75 Å². The Labute approximate surface area is 210 Å². The van der Waals surface area contributed by atoms with E-state index in [9.17, 15) is 14.3 Å². The standard InChI is InChI=1S/C29H28FN3O3/c1-36-23-10-11-28-24(17-23)21(12-14-32-28)5-2-6-22-13-16-33(19-26(22)29(34)35)15-4-8-20-7-3-9-27(30)25(20)18-31/h3,7,9-12,14,17,22,26H,2,5-6,13,15-16,19H2,1H3,(H,34,35)/t22-,26+/m1/s1. The molecule has 1 aliphatic rings. The lowest BCUT2D eigenvalue weighted by Crippen LogP contribution is -2.44. The largest absolute Gasteiger partial charge is 0.497 e. The smallest absolute Gasteiger partial charge is 0.308 e. The monoisotopic (exact) mass is 485 g/mol. The van der Waals surface area contributed by atoms with Crippen LogP contribution in [0, 0.1) is 40.8 Å². The zero-order valence-corrected chi connectivity index (χ0v) is 20.2. The first-order chi connectivity index (χ1) is 17.5. The molecule has 0 unspecified atom stereocenters. The van der Waals surface area contributed by atoms with E-state index >= 15 is 0 Å². The van der Waals surface area contributed by atoms with E-state index in [4.69, 9.17) is 10.00 Å². The zero-order valence-electron chi connectivity index (χ0n) is 20.2. The number of nitriles is 1. The molecular weight excluding hydrogens is 457 g/mol. The molecule has 0 spiro atoms. The number of hydrogen-bond acceptors (Lipinski definition) is 5. The quantitative estimate of drug-likeness (QED) is 0.490. The lowest BCUT2D eigenvalue weighted by atomic mass is 9.81. The molecule has 1 N–H and O–H groups in total. The molecule has 2 heterocycles. The summed E-state index contributed by atoms with van der Waals surface area (Å²) in [5, 5.41) is 20.1. The number of fused-ring (bicyclic) bond motifs is 1. The van der Waals surface area contributed by atoms with Crippen molar-refractivity contribution in [3.8, 4) is 23.7 Å². The van der Waals surface area contributed by atoms with Crippen molar-refractivity contribution in [3.05, 3.63) is 71.2 Å². The van der Waals surface area contributed by atoms with Gasteiger partial charge in [-0.2, -0.15) is 5.26 Å². The maximum atomic E-state index is 13.8. The summed E-state index contributed by atoms with van der Waals surface area (Å²) in [4.78, 5) is 18.5. The van der Waals surface area contributed by atoms with E-state index in [1.807, 2.05) is 41.4 Å². The zero-order chi connectivity index (χ0) is 25.5. The molecule has 1 saturated heterocycles. The number of aliphatic carboxylic acids is 1. The molecule has 7 heteroatoms. The van der Waals surface area contributed by atoms with Gasteiger partial charge in [0, 0.05) is 23.7 Å². The highest BCUT2D eigenvalue weighted by Gasteiger charge is 2.33. The lowest BCUT2D eigenvalue weighted by molar-refractivity contribution is -0.146. The first-order valence-corrected chi connectivity index (χ1v) is 12.0. The number of carboxylic acids is 1. The summed E-state index contributed by atoms with van der Waals surface area (Å²) in [6, 6.07) is 14.1. The fourth-order valence-corrected chi connectivity index (χ4v) is 4.91. The van der Waals surface area contributed by atoms with Gasteiger partial charge < -0.3 is 9.84 Å². The average Bonchev–Trinajstić information content (AvgIpc) is 2.89. The Kier molecular flexibility index (Phi) is 8.15. The van der Waals surface area contributed by atoms with Crippen LogP contribution in [0.1, 0.15) is 36.0 Å². The number of likely N-dealkylation sites (tertiary alicyclic amines) is 1. The predicted molar refractivity (Wildman–Crippen MR) is 135 cm³/mol. The maximum absolute atomic E-state index is 13.8. The van der Waals surface area contributed by atoms with Crippen LogP contribution in [0.4, 0.5) is 4.39 Å². The van der Waals surface area contributed by atoms with Gasteiger partial charge in [0.1, 0.15) is 23.2 Å². The third-order valence-corrected chi connectivity index (χ3v) is 6.87. The Morgan fingerprint density at radius 2 is 2.17 bits per heavy atom. The number of nitrogens with zero attached hydrogens (tertiary/aromatic N) is 3. The van der Waals surface area contributed by atoms with Crippen molar-refractivity contribution in [3.63, 3.8) is 0 Å². The molecule has 4 rings (SSSR count). The first-order valence-electron chi connectivity index (χ1n) is 12.0. The molecular formula is C29H28FN3O3. The summed E-state index contributed by atoms with van der Waals surface area (Å²) in [5.74, 6) is 4.91. The van der Waals surface area contributed by atoms with Gasteiger partial charge in [0.15, 0.2) is 0 Å². The van der Waals surface area contributed by atoms with Crippen LogP contribution in [-0.2, 0) is 11.2 Å². The number of ether oxygens (including phenoxy) is 1. The van der Waals surface area contributed by atoms with E-state index in [0.29, 0.717) is 18.7 Å². The van der Waals surface area contributed by atoms with Gasteiger partial charge in [-0.1, -0.05) is 17.9 Å². The molecule has 0 aliphatic carbocycles. The number of hydrogen-bond donors (Lipinski definition) is 1. The molecule has 0 amide bonds. The van der Waals surface area contributed by atoms with Gasteiger partial charge in [-0.25, -0.2) is 4.39 Å². The number of aryl methyl sites for hydroxylation is 1. The molecule has 1 aromatic heterocycles. The number of halogens is 1. The van der Waals surface area contributed by atoms with Crippen LogP contribution in [0.15, 0.2) is 48.7 Å². The fourth-order valence-electron chi connectivity index (χ4n) is 4.91. The van der Waals surface area contributed by atoms with Crippen LogP contribution in [0.2, 0.25) is 0 Å². The normalized spacial score (nSPS) is 17.7. The van der Waals surface area contributed by atoms with Crippen molar-refractivity contribution in [2.75, 3.05) is 26.7 Å². The molecule has 2 atom stereocenters. The molecule has 0 saturated carbocycles. The third kappa shape index (κ3) is 5.82. The van der Waals surface area contributed by atoms with E-state index in [0.717, 1.165) is 48.9 Å². The summed E-state index contributed by atoms with van der Waals surface area (Å²) in [7, 11) is 1.65. The minimum Gasteiger partial charge on any atom is -0.497 e. The van der Waals surface area contributed by atoms with Crippen molar-refractivity contribution in [1.29, 1.82) is 5.26 Å². The van der Waals surface area contributed by atoms with Gasteiger partial charge in [-0.3, -0.25) is 14.7 Å². The van der Waals surface area contributed by atoms with E-state index in [2.05, 4.69) is 16.8 Å². The second-order valence-electron chi connectivity index (χ2n) is 9.05. The van der Waals surface area contributed by atoms with Gasteiger partial charge in [0.2, 0.25) is 0 Å². The number of carboxylic acid groups (broad SMARTS) is 1. The molecule has 0 radical (unpaired) electrons. The number of rotatable bonds is 7. The molecule has 6 nitrogen and oxygen atoms in total.